The Morgan fingerprint density at radius 2 is 1.76 bits per heavy atom. The van der Waals surface area contributed by atoms with Crippen molar-refractivity contribution >= 4 is 19.9 Å². The first-order valence-electron chi connectivity index (χ1n) is 8.03. The van der Waals surface area contributed by atoms with Gasteiger partial charge in [0.25, 0.3) is 0 Å². The highest BCUT2D eigenvalue weighted by Gasteiger charge is 2.30. The van der Waals surface area contributed by atoms with Gasteiger partial charge in [-0.25, -0.2) is 21.6 Å². The fourth-order valence-electron chi connectivity index (χ4n) is 2.36. The number of rotatable bonds is 9. The van der Waals surface area contributed by atoms with E-state index in [4.69, 9.17) is 0 Å². The van der Waals surface area contributed by atoms with E-state index >= 15 is 0 Å². The molecule has 1 heterocycles. The standard InChI is InChI=1S/C17H22N2O4S2/c1-2-3-12-24(20,21)19-14-17(15-8-7-11-18-13-15)25(22,23)16-9-5-4-6-10-16/h4-11,13,17,19H,2-3,12,14H2,1H3/t17-/m0/s1. The molecule has 1 atom stereocenters. The number of pyridine rings is 1. The van der Waals surface area contributed by atoms with Gasteiger partial charge < -0.3 is 0 Å². The molecule has 0 radical (unpaired) electrons. The van der Waals surface area contributed by atoms with Crippen molar-refractivity contribution in [3.05, 3.63) is 60.4 Å². The molecular formula is C17H22N2O4S2. The third-order valence-electron chi connectivity index (χ3n) is 3.76. The average Bonchev–Trinajstić information content (AvgIpc) is 2.61. The number of unbranched alkanes of at least 4 members (excludes halogenated alkanes) is 1. The van der Waals surface area contributed by atoms with Crippen molar-refractivity contribution in [2.75, 3.05) is 12.3 Å². The van der Waals surface area contributed by atoms with Crippen LogP contribution in [0.5, 0.6) is 0 Å². The Balaban J connectivity index is 2.32. The lowest BCUT2D eigenvalue weighted by Crippen LogP contribution is -2.33. The van der Waals surface area contributed by atoms with Gasteiger partial charge in [0.1, 0.15) is 5.25 Å². The number of hydrogen-bond acceptors (Lipinski definition) is 5. The highest BCUT2D eigenvalue weighted by molar-refractivity contribution is 7.92. The molecule has 1 aromatic carbocycles. The smallest absolute Gasteiger partial charge is 0.211 e. The Morgan fingerprint density at radius 1 is 1.04 bits per heavy atom. The van der Waals surface area contributed by atoms with Crippen LogP contribution in [-0.2, 0) is 19.9 Å². The maximum absolute atomic E-state index is 13.0. The van der Waals surface area contributed by atoms with E-state index in [9.17, 15) is 16.8 Å². The molecule has 1 aromatic heterocycles. The molecule has 0 amide bonds. The zero-order valence-corrected chi connectivity index (χ0v) is 15.6. The summed E-state index contributed by atoms with van der Waals surface area (Å²) in [5.74, 6) is -0.0192. The Kier molecular flexibility index (Phi) is 6.69. The van der Waals surface area contributed by atoms with Crippen LogP contribution < -0.4 is 4.72 Å². The first-order chi connectivity index (χ1) is 11.9. The van der Waals surface area contributed by atoms with Gasteiger partial charge in [0.15, 0.2) is 9.84 Å². The van der Waals surface area contributed by atoms with Crippen LogP contribution >= 0.6 is 0 Å². The number of nitrogens with one attached hydrogen (secondary N) is 1. The van der Waals surface area contributed by atoms with Gasteiger partial charge in [-0.1, -0.05) is 37.6 Å². The van der Waals surface area contributed by atoms with E-state index in [0.29, 0.717) is 12.0 Å². The Morgan fingerprint density at radius 3 is 2.36 bits per heavy atom. The van der Waals surface area contributed by atoms with Crippen LogP contribution in [0.4, 0.5) is 0 Å². The number of aromatic nitrogens is 1. The maximum atomic E-state index is 13.0. The van der Waals surface area contributed by atoms with Gasteiger partial charge in [-0.05, 0) is 30.2 Å². The predicted octanol–water partition coefficient (Wildman–Crippen LogP) is 2.32. The highest BCUT2D eigenvalue weighted by atomic mass is 32.2. The highest BCUT2D eigenvalue weighted by Crippen LogP contribution is 2.28. The van der Waals surface area contributed by atoms with E-state index in [1.54, 1.807) is 36.5 Å². The minimum absolute atomic E-state index is 0.0192. The maximum Gasteiger partial charge on any atom is 0.211 e. The van der Waals surface area contributed by atoms with Crippen LogP contribution in [-0.4, -0.2) is 34.1 Å². The van der Waals surface area contributed by atoms with Gasteiger partial charge in [0, 0.05) is 18.9 Å². The molecule has 1 N–H and O–H groups in total. The van der Waals surface area contributed by atoms with Crippen molar-refractivity contribution in [2.45, 2.75) is 29.9 Å². The Bertz CT molecular complexity index is 867. The Labute approximate surface area is 149 Å². The van der Waals surface area contributed by atoms with Crippen LogP contribution in [0.15, 0.2) is 59.8 Å². The summed E-state index contributed by atoms with van der Waals surface area (Å²) in [5.41, 5.74) is 0.449. The zero-order valence-electron chi connectivity index (χ0n) is 14.0. The quantitative estimate of drug-likeness (QED) is 0.718. The molecule has 0 saturated carbocycles. The number of benzene rings is 1. The largest absolute Gasteiger partial charge is 0.264 e. The van der Waals surface area contributed by atoms with Gasteiger partial charge in [-0.2, -0.15) is 0 Å². The molecule has 0 unspecified atom stereocenters. The Hall–Kier alpha value is -1.77. The van der Waals surface area contributed by atoms with E-state index in [-0.39, 0.29) is 17.2 Å². The van der Waals surface area contributed by atoms with Crippen LogP contribution in [0.1, 0.15) is 30.6 Å². The molecule has 0 aliphatic heterocycles. The molecule has 6 nitrogen and oxygen atoms in total. The lowest BCUT2D eigenvalue weighted by atomic mass is 10.2. The SMILES string of the molecule is CCCCS(=O)(=O)NC[C@@H](c1cccnc1)S(=O)(=O)c1ccccc1. The van der Waals surface area contributed by atoms with Gasteiger partial charge in [-0.3, -0.25) is 4.98 Å². The molecule has 8 heteroatoms. The number of sulfonamides is 1. The minimum atomic E-state index is -3.76. The van der Waals surface area contributed by atoms with Gasteiger partial charge in [0.2, 0.25) is 10.0 Å². The third-order valence-corrected chi connectivity index (χ3v) is 7.31. The van der Waals surface area contributed by atoms with E-state index in [1.165, 1.54) is 18.3 Å². The number of nitrogens with zero attached hydrogens (tertiary/aromatic N) is 1. The first-order valence-corrected chi connectivity index (χ1v) is 11.2. The summed E-state index contributed by atoms with van der Waals surface area (Å²) < 4.78 is 52.6. The molecule has 2 aromatic rings. The second kappa shape index (κ2) is 8.55. The second-order valence-corrected chi connectivity index (χ2v) is 9.71. The van der Waals surface area contributed by atoms with Gasteiger partial charge >= 0.3 is 0 Å². The molecule has 0 spiro atoms. The summed E-state index contributed by atoms with van der Waals surface area (Å²) in [4.78, 5) is 4.11. The number of sulfone groups is 1. The van der Waals surface area contributed by atoms with Crippen molar-refractivity contribution in [1.82, 2.24) is 9.71 Å². The average molecular weight is 383 g/mol. The van der Waals surface area contributed by atoms with Crippen molar-refractivity contribution in [3.8, 4) is 0 Å². The van der Waals surface area contributed by atoms with E-state index in [1.807, 2.05) is 6.92 Å². The summed E-state index contributed by atoms with van der Waals surface area (Å²) in [5, 5.41) is -1.04. The molecule has 0 saturated heterocycles. The third kappa shape index (κ3) is 5.35. The van der Waals surface area contributed by atoms with Gasteiger partial charge in [-0.15, -0.1) is 0 Å². The topological polar surface area (TPSA) is 93.2 Å². The van der Waals surface area contributed by atoms with Gasteiger partial charge in [0.05, 0.1) is 10.6 Å². The molecule has 25 heavy (non-hydrogen) atoms. The lowest BCUT2D eigenvalue weighted by molar-refractivity contribution is 0.566. The summed E-state index contributed by atoms with van der Waals surface area (Å²) in [6.45, 7) is 1.67. The lowest BCUT2D eigenvalue weighted by Gasteiger charge is -2.18. The zero-order chi connectivity index (χ0) is 18.3. The van der Waals surface area contributed by atoms with Crippen molar-refractivity contribution in [3.63, 3.8) is 0 Å². The fourth-order valence-corrected chi connectivity index (χ4v) is 5.36. The van der Waals surface area contributed by atoms with Crippen LogP contribution in [0.2, 0.25) is 0 Å². The number of hydrogen-bond donors (Lipinski definition) is 1. The van der Waals surface area contributed by atoms with Crippen LogP contribution in [0, 0.1) is 0 Å². The summed E-state index contributed by atoms with van der Waals surface area (Å²) in [6, 6.07) is 11.3. The monoisotopic (exact) mass is 382 g/mol. The van der Waals surface area contributed by atoms with E-state index < -0.39 is 25.1 Å². The molecule has 2 rings (SSSR count). The second-order valence-electron chi connectivity index (χ2n) is 5.65. The van der Waals surface area contributed by atoms with Crippen LogP contribution in [0.3, 0.4) is 0 Å². The molecular weight excluding hydrogens is 360 g/mol. The molecule has 0 aliphatic rings. The molecule has 0 fully saturated rings. The minimum Gasteiger partial charge on any atom is -0.264 e. The van der Waals surface area contributed by atoms with Crippen LogP contribution in [0.25, 0.3) is 0 Å². The fraction of sp³-hybridized carbons (Fsp3) is 0.353. The summed E-state index contributed by atoms with van der Waals surface area (Å²) in [6.07, 6.45) is 4.26. The van der Waals surface area contributed by atoms with E-state index in [0.717, 1.165) is 6.42 Å². The molecule has 0 aliphatic carbocycles. The van der Waals surface area contributed by atoms with Crippen molar-refractivity contribution in [1.29, 1.82) is 0 Å². The van der Waals surface area contributed by atoms with E-state index in [2.05, 4.69) is 9.71 Å². The summed E-state index contributed by atoms with van der Waals surface area (Å²) in [7, 11) is -7.29. The normalized spacial score (nSPS) is 13.5. The summed E-state index contributed by atoms with van der Waals surface area (Å²) >= 11 is 0. The molecule has 0 bridgehead atoms. The van der Waals surface area contributed by atoms with Crippen molar-refractivity contribution in [2.24, 2.45) is 0 Å². The first kappa shape index (κ1) is 19.6. The predicted molar refractivity (Wildman–Crippen MR) is 97.3 cm³/mol. The van der Waals surface area contributed by atoms with Crippen molar-refractivity contribution < 1.29 is 16.8 Å². The molecule has 136 valence electrons.